The van der Waals surface area contributed by atoms with E-state index < -0.39 is 0 Å². The molecule has 1 aromatic rings. The van der Waals surface area contributed by atoms with Gasteiger partial charge in [-0.15, -0.1) is 0 Å². The van der Waals surface area contributed by atoms with Gasteiger partial charge in [0.1, 0.15) is 5.75 Å². The van der Waals surface area contributed by atoms with E-state index in [0.717, 1.165) is 18.8 Å². The van der Waals surface area contributed by atoms with E-state index in [2.05, 4.69) is 48.0 Å². The van der Waals surface area contributed by atoms with Crippen LogP contribution in [-0.4, -0.2) is 56.2 Å². The maximum atomic E-state index is 5.75. The van der Waals surface area contributed by atoms with E-state index in [1.54, 1.807) is 0 Å². The quantitative estimate of drug-likeness (QED) is 0.712. The van der Waals surface area contributed by atoms with Crippen molar-refractivity contribution in [2.24, 2.45) is 0 Å². The molecule has 0 atom stereocenters. The van der Waals surface area contributed by atoms with Crippen LogP contribution in [0.2, 0.25) is 0 Å². The Labute approximate surface area is 123 Å². The molecular formula is C17H28N2O. The standard InChI is InChI=1S/C17H28N2O/c1-16-6-8-17(9-7-16)20-15-5-3-4-10-19-13-11-18(2)12-14-19/h6-9H,3-5,10-15H2,1-2H3. The Kier molecular flexibility index (Phi) is 6.34. The van der Waals surface area contributed by atoms with Crippen molar-refractivity contribution < 1.29 is 4.74 Å². The van der Waals surface area contributed by atoms with Crippen molar-refractivity contribution >= 4 is 0 Å². The number of aryl methyl sites for hydroxylation is 1. The smallest absolute Gasteiger partial charge is 0.119 e. The van der Waals surface area contributed by atoms with E-state index >= 15 is 0 Å². The number of ether oxygens (including phenoxy) is 1. The molecular weight excluding hydrogens is 248 g/mol. The van der Waals surface area contributed by atoms with Gasteiger partial charge in [0, 0.05) is 26.2 Å². The van der Waals surface area contributed by atoms with Gasteiger partial charge in [-0.2, -0.15) is 0 Å². The van der Waals surface area contributed by atoms with Crippen LogP contribution in [0.25, 0.3) is 0 Å². The van der Waals surface area contributed by atoms with E-state index in [1.807, 2.05) is 0 Å². The van der Waals surface area contributed by atoms with Crippen LogP contribution in [0, 0.1) is 6.92 Å². The monoisotopic (exact) mass is 276 g/mol. The van der Waals surface area contributed by atoms with Crippen LogP contribution < -0.4 is 4.74 Å². The lowest BCUT2D eigenvalue weighted by Crippen LogP contribution is -2.44. The molecule has 2 rings (SSSR count). The van der Waals surface area contributed by atoms with E-state index in [-0.39, 0.29) is 0 Å². The van der Waals surface area contributed by atoms with Gasteiger partial charge in [0.15, 0.2) is 0 Å². The van der Waals surface area contributed by atoms with Crippen molar-refractivity contribution in [3.8, 4) is 5.75 Å². The average Bonchev–Trinajstić information content (AvgIpc) is 2.46. The van der Waals surface area contributed by atoms with E-state index in [1.165, 1.54) is 51.1 Å². The number of rotatable bonds is 7. The molecule has 0 aliphatic carbocycles. The van der Waals surface area contributed by atoms with Crippen LogP contribution in [0.1, 0.15) is 24.8 Å². The molecule has 1 aromatic carbocycles. The van der Waals surface area contributed by atoms with E-state index in [0.29, 0.717) is 0 Å². The van der Waals surface area contributed by atoms with E-state index in [4.69, 9.17) is 4.74 Å². The number of likely N-dealkylation sites (N-methyl/N-ethyl adjacent to an activating group) is 1. The number of nitrogens with zero attached hydrogens (tertiary/aromatic N) is 2. The summed E-state index contributed by atoms with van der Waals surface area (Å²) in [6.07, 6.45) is 3.71. The highest BCUT2D eigenvalue weighted by atomic mass is 16.5. The minimum Gasteiger partial charge on any atom is -0.494 e. The highest BCUT2D eigenvalue weighted by Gasteiger charge is 2.12. The van der Waals surface area contributed by atoms with Crippen LogP contribution in [0.15, 0.2) is 24.3 Å². The molecule has 1 aliphatic rings. The summed E-state index contributed by atoms with van der Waals surface area (Å²) in [5.74, 6) is 0.995. The molecule has 0 radical (unpaired) electrons. The first-order valence-corrected chi connectivity index (χ1v) is 7.84. The van der Waals surface area contributed by atoms with Gasteiger partial charge in [-0.05, 0) is 51.9 Å². The van der Waals surface area contributed by atoms with Gasteiger partial charge in [-0.1, -0.05) is 17.7 Å². The SMILES string of the molecule is Cc1ccc(OCCCCCN2CCN(C)CC2)cc1. The summed E-state index contributed by atoms with van der Waals surface area (Å²) in [4.78, 5) is 4.99. The van der Waals surface area contributed by atoms with Crippen LogP contribution in [0.4, 0.5) is 0 Å². The fourth-order valence-corrected chi connectivity index (χ4v) is 2.51. The predicted octanol–water partition coefficient (Wildman–Crippen LogP) is 2.79. The lowest BCUT2D eigenvalue weighted by atomic mass is 10.2. The normalized spacial score (nSPS) is 17.3. The second kappa shape index (κ2) is 8.28. The average molecular weight is 276 g/mol. The van der Waals surface area contributed by atoms with Crippen LogP contribution in [0.3, 0.4) is 0 Å². The Morgan fingerprint density at radius 2 is 1.65 bits per heavy atom. The molecule has 1 heterocycles. The Morgan fingerprint density at radius 3 is 2.35 bits per heavy atom. The molecule has 0 bridgehead atoms. The van der Waals surface area contributed by atoms with Crippen LogP contribution in [-0.2, 0) is 0 Å². The van der Waals surface area contributed by atoms with Crippen molar-refractivity contribution in [1.82, 2.24) is 9.80 Å². The summed E-state index contributed by atoms with van der Waals surface area (Å²) in [5, 5.41) is 0. The van der Waals surface area contributed by atoms with Gasteiger partial charge >= 0.3 is 0 Å². The Morgan fingerprint density at radius 1 is 0.950 bits per heavy atom. The molecule has 112 valence electrons. The fourth-order valence-electron chi connectivity index (χ4n) is 2.51. The molecule has 1 fully saturated rings. The molecule has 20 heavy (non-hydrogen) atoms. The van der Waals surface area contributed by atoms with Gasteiger partial charge in [0.05, 0.1) is 6.61 Å². The summed E-state index contributed by atoms with van der Waals surface area (Å²) >= 11 is 0. The molecule has 0 aromatic heterocycles. The molecule has 0 amide bonds. The zero-order valence-electron chi connectivity index (χ0n) is 13.0. The number of hydrogen-bond acceptors (Lipinski definition) is 3. The number of piperazine rings is 1. The zero-order chi connectivity index (χ0) is 14.2. The van der Waals surface area contributed by atoms with Crippen molar-refractivity contribution in [2.45, 2.75) is 26.2 Å². The number of benzene rings is 1. The summed E-state index contributed by atoms with van der Waals surface area (Å²) in [6, 6.07) is 8.31. The molecule has 1 saturated heterocycles. The first-order chi connectivity index (χ1) is 9.74. The lowest BCUT2D eigenvalue weighted by Gasteiger charge is -2.32. The third-order valence-electron chi connectivity index (χ3n) is 4.00. The number of unbranched alkanes of at least 4 members (excludes halogenated alkanes) is 2. The minimum atomic E-state index is 0.839. The van der Waals surface area contributed by atoms with Gasteiger partial charge in [0.2, 0.25) is 0 Å². The molecule has 0 unspecified atom stereocenters. The van der Waals surface area contributed by atoms with Crippen LogP contribution >= 0.6 is 0 Å². The van der Waals surface area contributed by atoms with Crippen molar-refractivity contribution in [3.05, 3.63) is 29.8 Å². The summed E-state index contributed by atoms with van der Waals surface area (Å²) in [6.45, 7) is 9.09. The van der Waals surface area contributed by atoms with Crippen molar-refractivity contribution in [1.29, 1.82) is 0 Å². The van der Waals surface area contributed by atoms with Gasteiger partial charge in [0.25, 0.3) is 0 Å². The second-order valence-corrected chi connectivity index (χ2v) is 5.87. The second-order valence-electron chi connectivity index (χ2n) is 5.87. The predicted molar refractivity (Wildman–Crippen MR) is 84.5 cm³/mol. The third kappa shape index (κ3) is 5.51. The van der Waals surface area contributed by atoms with Crippen molar-refractivity contribution in [3.63, 3.8) is 0 Å². The Bertz CT molecular complexity index is 369. The number of hydrogen-bond donors (Lipinski definition) is 0. The maximum absolute atomic E-state index is 5.75. The summed E-state index contributed by atoms with van der Waals surface area (Å²) in [5.41, 5.74) is 1.28. The summed E-state index contributed by atoms with van der Waals surface area (Å²) < 4.78 is 5.75. The van der Waals surface area contributed by atoms with E-state index in [9.17, 15) is 0 Å². The molecule has 0 spiro atoms. The Balaban J connectivity index is 1.48. The first-order valence-electron chi connectivity index (χ1n) is 7.84. The van der Waals surface area contributed by atoms with Crippen LogP contribution in [0.5, 0.6) is 5.75 Å². The third-order valence-corrected chi connectivity index (χ3v) is 4.00. The topological polar surface area (TPSA) is 15.7 Å². The van der Waals surface area contributed by atoms with Gasteiger partial charge in [-0.3, -0.25) is 0 Å². The molecule has 0 saturated carbocycles. The summed E-state index contributed by atoms with van der Waals surface area (Å²) in [7, 11) is 2.21. The zero-order valence-corrected chi connectivity index (χ0v) is 13.0. The fraction of sp³-hybridized carbons (Fsp3) is 0.647. The highest BCUT2D eigenvalue weighted by molar-refractivity contribution is 5.26. The largest absolute Gasteiger partial charge is 0.494 e. The molecule has 1 aliphatic heterocycles. The Hall–Kier alpha value is -1.06. The van der Waals surface area contributed by atoms with Gasteiger partial charge in [-0.25, -0.2) is 0 Å². The lowest BCUT2D eigenvalue weighted by molar-refractivity contribution is 0.151. The van der Waals surface area contributed by atoms with Gasteiger partial charge < -0.3 is 14.5 Å². The maximum Gasteiger partial charge on any atom is 0.119 e. The first kappa shape index (κ1) is 15.3. The highest BCUT2D eigenvalue weighted by Crippen LogP contribution is 2.12. The molecule has 3 nitrogen and oxygen atoms in total. The molecule has 3 heteroatoms. The van der Waals surface area contributed by atoms with Crippen molar-refractivity contribution in [2.75, 3.05) is 46.4 Å². The minimum absolute atomic E-state index is 0.839. The molecule has 0 N–H and O–H groups in total.